The van der Waals surface area contributed by atoms with Crippen LogP contribution >= 0.6 is 0 Å². The van der Waals surface area contributed by atoms with Crippen molar-refractivity contribution in [1.29, 1.82) is 0 Å². The summed E-state index contributed by atoms with van der Waals surface area (Å²) in [6.07, 6.45) is 1.55. The van der Waals surface area contributed by atoms with E-state index in [0.29, 0.717) is 22.7 Å². The summed E-state index contributed by atoms with van der Waals surface area (Å²) in [6, 6.07) is 22.2. The maximum atomic E-state index is 12.0. The number of nitrogens with one attached hydrogen (secondary N) is 2. The van der Waals surface area contributed by atoms with Gasteiger partial charge in [-0.3, -0.25) is 20.3 Å². The summed E-state index contributed by atoms with van der Waals surface area (Å²) in [6.45, 7) is -0.143. The second-order valence-corrected chi connectivity index (χ2v) is 5.91. The molecule has 0 aromatic heterocycles. The molecule has 0 atom stereocenters. The lowest BCUT2D eigenvalue weighted by atomic mass is 10.2. The summed E-state index contributed by atoms with van der Waals surface area (Å²) >= 11 is 0. The smallest absolute Gasteiger partial charge is 0.269 e. The first-order chi connectivity index (χ1) is 14.1. The molecule has 8 nitrogen and oxygen atoms in total. The number of nitro benzene ring substituents is 1. The zero-order chi connectivity index (χ0) is 20.5. The van der Waals surface area contributed by atoms with Gasteiger partial charge in [0.2, 0.25) is 0 Å². The normalized spacial score (nSPS) is 10.5. The quantitative estimate of drug-likeness (QED) is 0.343. The van der Waals surface area contributed by atoms with Gasteiger partial charge in [0.15, 0.2) is 6.61 Å². The number of hydrogen-bond acceptors (Lipinski definition) is 6. The summed E-state index contributed by atoms with van der Waals surface area (Å²) in [7, 11) is 0. The minimum absolute atomic E-state index is 0.00653. The number of anilines is 2. The molecule has 0 bridgehead atoms. The van der Waals surface area contributed by atoms with Gasteiger partial charge in [-0.2, -0.15) is 5.10 Å². The van der Waals surface area contributed by atoms with Crippen molar-refractivity contribution in [1.82, 2.24) is 0 Å². The zero-order valence-corrected chi connectivity index (χ0v) is 15.3. The fraction of sp³-hybridized carbons (Fsp3) is 0.0476. The first-order valence-corrected chi connectivity index (χ1v) is 8.72. The Kier molecular flexibility index (Phi) is 6.51. The second kappa shape index (κ2) is 9.65. The molecule has 1 amide bonds. The Balaban J connectivity index is 1.57. The fourth-order valence-electron chi connectivity index (χ4n) is 2.41. The predicted octanol–water partition coefficient (Wildman–Crippen LogP) is 4.06. The first-order valence-electron chi connectivity index (χ1n) is 8.72. The van der Waals surface area contributed by atoms with E-state index in [1.54, 1.807) is 48.7 Å². The molecule has 3 rings (SSSR count). The predicted molar refractivity (Wildman–Crippen MR) is 111 cm³/mol. The Labute approximate surface area is 167 Å². The number of benzene rings is 3. The number of para-hydroxylation sites is 2. The number of non-ortho nitro benzene ring substituents is 1. The van der Waals surface area contributed by atoms with Gasteiger partial charge in [-0.25, -0.2) is 0 Å². The molecule has 0 aliphatic carbocycles. The number of rotatable bonds is 8. The van der Waals surface area contributed by atoms with Crippen LogP contribution in [-0.4, -0.2) is 23.7 Å². The number of hydrazone groups is 1. The number of nitro groups is 1. The van der Waals surface area contributed by atoms with Gasteiger partial charge in [0.05, 0.1) is 16.8 Å². The second-order valence-electron chi connectivity index (χ2n) is 5.91. The number of amides is 1. The molecule has 0 unspecified atom stereocenters. The van der Waals surface area contributed by atoms with E-state index in [4.69, 9.17) is 4.74 Å². The molecule has 2 N–H and O–H groups in total. The Morgan fingerprint density at radius 1 is 0.966 bits per heavy atom. The average molecular weight is 390 g/mol. The molecular weight excluding hydrogens is 372 g/mol. The largest absolute Gasteiger partial charge is 0.483 e. The van der Waals surface area contributed by atoms with Gasteiger partial charge in [0.1, 0.15) is 5.75 Å². The molecule has 146 valence electrons. The van der Waals surface area contributed by atoms with E-state index in [0.717, 1.165) is 0 Å². The molecule has 0 heterocycles. The minimum Gasteiger partial charge on any atom is -0.483 e. The Hall–Kier alpha value is -4.20. The topological polar surface area (TPSA) is 106 Å². The van der Waals surface area contributed by atoms with Gasteiger partial charge in [-0.05, 0) is 36.4 Å². The SMILES string of the molecule is O=C(COc1ccccc1/C=N/Nc1ccc([N+](=O)[O-])cc1)Nc1ccccc1. The third-order valence-electron chi connectivity index (χ3n) is 3.81. The van der Waals surface area contributed by atoms with Crippen LogP contribution in [0.3, 0.4) is 0 Å². The number of hydrogen-bond donors (Lipinski definition) is 2. The summed E-state index contributed by atoms with van der Waals surface area (Å²) in [5.74, 6) is 0.233. The van der Waals surface area contributed by atoms with Crippen LogP contribution in [0, 0.1) is 10.1 Å². The first kappa shape index (κ1) is 19.6. The molecule has 0 aliphatic rings. The molecule has 8 heteroatoms. The molecule has 0 saturated carbocycles. The maximum Gasteiger partial charge on any atom is 0.269 e. The van der Waals surface area contributed by atoms with Gasteiger partial charge in [0.25, 0.3) is 11.6 Å². The molecule has 0 radical (unpaired) electrons. The van der Waals surface area contributed by atoms with Crippen LogP contribution in [0.25, 0.3) is 0 Å². The van der Waals surface area contributed by atoms with E-state index in [9.17, 15) is 14.9 Å². The highest BCUT2D eigenvalue weighted by molar-refractivity contribution is 5.92. The number of carbonyl (C=O) groups excluding carboxylic acids is 1. The summed E-state index contributed by atoms with van der Waals surface area (Å²) in [5, 5.41) is 17.5. The van der Waals surface area contributed by atoms with E-state index in [1.165, 1.54) is 12.1 Å². The van der Waals surface area contributed by atoms with Crippen molar-refractivity contribution in [3.8, 4) is 5.75 Å². The Morgan fingerprint density at radius 2 is 1.66 bits per heavy atom. The van der Waals surface area contributed by atoms with Crippen molar-refractivity contribution in [2.45, 2.75) is 0 Å². The van der Waals surface area contributed by atoms with Gasteiger partial charge >= 0.3 is 0 Å². The summed E-state index contributed by atoms with van der Waals surface area (Å²) < 4.78 is 5.61. The lowest BCUT2D eigenvalue weighted by Crippen LogP contribution is -2.20. The molecule has 3 aromatic rings. The molecule has 3 aromatic carbocycles. The molecular formula is C21H18N4O4. The van der Waals surface area contributed by atoms with Crippen LogP contribution in [-0.2, 0) is 4.79 Å². The van der Waals surface area contributed by atoms with Crippen LogP contribution in [0.1, 0.15) is 5.56 Å². The molecule has 0 fully saturated rings. The van der Waals surface area contributed by atoms with Gasteiger partial charge in [0, 0.05) is 23.4 Å². The third-order valence-corrected chi connectivity index (χ3v) is 3.81. The standard InChI is InChI=1S/C21H18N4O4/c26-21(23-17-7-2-1-3-8-17)15-29-20-9-5-4-6-16(20)14-22-24-18-10-12-19(13-11-18)25(27)28/h1-14,24H,15H2,(H,23,26)/b22-14+. The Morgan fingerprint density at radius 3 is 2.38 bits per heavy atom. The molecule has 29 heavy (non-hydrogen) atoms. The summed E-state index contributed by atoms with van der Waals surface area (Å²) in [4.78, 5) is 22.3. The monoisotopic (exact) mass is 390 g/mol. The van der Waals surface area contributed by atoms with E-state index < -0.39 is 4.92 Å². The lowest BCUT2D eigenvalue weighted by Gasteiger charge is -2.09. The van der Waals surface area contributed by atoms with Crippen molar-refractivity contribution in [3.63, 3.8) is 0 Å². The van der Waals surface area contributed by atoms with Gasteiger partial charge < -0.3 is 10.1 Å². The van der Waals surface area contributed by atoms with Crippen LogP contribution < -0.4 is 15.5 Å². The van der Waals surface area contributed by atoms with Crippen LogP contribution in [0.5, 0.6) is 5.75 Å². The van der Waals surface area contributed by atoms with E-state index in [-0.39, 0.29) is 18.2 Å². The van der Waals surface area contributed by atoms with Crippen molar-refractivity contribution >= 4 is 29.2 Å². The third kappa shape index (κ3) is 5.90. The Bertz CT molecular complexity index is 1000. The van der Waals surface area contributed by atoms with Crippen LogP contribution in [0.4, 0.5) is 17.1 Å². The highest BCUT2D eigenvalue weighted by Gasteiger charge is 2.06. The van der Waals surface area contributed by atoms with Crippen LogP contribution in [0.15, 0.2) is 84.0 Å². The van der Waals surface area contributed by atoms with E-state index in [2.05, 4.69) is 15.8 Å². The maximum absolute atomic E-state index is 12.0. The van der Waals surface area contributed by atoms with Gasteiger partial charge in [-0.1, -0.05) is 30.3 Å². The highest BCUT2D eigenvalue weighted by Crippen LogP contribution is 2.17. The number of carbonyl (C=O) groups is 1. The van der Waals surface area contributed by atoms with E-state index >= 15 is 0 Å². The van der Waals surface area contributed by atoms with Crippen molar-refractivity contribution in [2.24, 2.45) is 5.10 Å². The zero-order valence-electron chi connectivity index (χ0n) is 15.3. The minimum atomic E-state index is -0.464. The van der Waals surface area contributed by atoms with Crippen LogP contribution in [0.2, 0.25) is 0 Å². The van der Waals surface area contributed by atoms with Crippen molar-refractivity contribution < 1.29 is 14.5 Å². The number of nitrogens with zero attached hydrogens (tertiary/aromatic N) is 2. The molecule has 0 aliphatic heterocycles. The lowest BCUT2D eigenvalue weighted by molar-refractivity contribution is -0.384. The van der Waals surface area contributed by atoms with Crippen molar-refractivity contribution in [2.75, 3.05) is 17.3 Å². The number of ether oxygens (including phenoxy) is 1. The highest BCUT2D eigenvalue weighted by atomic mass is 16.6. The molecule has 0 saturated heterocycles. The summed E-state index contributed by atoms with van der Waals surface area (Å²) in [5.41, 5.74) is 4.78. The molecule has 0 spiro atoms. The fourth-order valence-corrected chi connectivity index (χ4v) is 2.41. The van der Waals surface area contributed by atoms with E-state index in [1.807, 2.05) is 24.3 Å². The van der Waals surface area contributed by atoms with Crippen molar-refractivity contribution in [3.05, 3.63) is 94.5 Å². The average Bonchev–Trinajstić information content (AvgIpc) is 2.74. The van der Waals surface area contributed by atoms with Gasteiger partial charge in [-0.15, -0.1) is 0 Å².